The van der Waals surface area contributed by atoms with Crippen LogP contribution < -0.4 is 5.32 Å². The van der Waals surface area contributed by atoms with E-state index < -0.39 is 0 Å². The van der Waals surface area contributed by atoms with Gasteiger partial charge in [0.05, 0.1) is 12.3 Å². The minimum atomic E-state index is -0.131. The maximum Gasteiger partial charge on any atom is 0.227 e. The highest BCUT2D eigenvalue weighted by Crippen LogP contribution is 2.44. The molecule has 1 N–H and O–H groups in total. The summed E-state index contributed by atoms with van der Waals surface area (Å²) < 4.78 is 5.49. The summed E-state index contributed by atoms with van der Waals surface area (Å²) in [4.78, 5) is 27.0. The first-order valence-electron chi connectivity index (χ1n) is 8.67. The van der Waals surface area contributed by atoms with Crippen molar-refractivity contribution in [3.8, 4) is 0 Å². The number of ether oxygens (including phenoxy) is 1. The first-order valence-corrected chi connectivity index (χ1v) is 8.67. The molecule has 2 aliphatic heterocycles. The van der Waals surface area contributed by atoms with E-state index in [-0.39, 0.29) is 23.1 Å². The third kappa shape index (κ3) is 3.31. The van der Waals surface area contributed by atoms with Crippen LogP contribution in [0.15, 0.2) is 24.3 Å². The van der Waals surface area contributed by atoms with E-state index in [1.165, 1.54) is 5.56 Å². The second-order valence-corrected chi connectivity index (χ2v) is 7.08. The van der Waals surface area contributed by atoms with Gasteiger partial charge < -0.3 is 15.0 Å². The number of nitrogens with zero attached hydrogens (tertiary/aromatic N) is 1. The van der Waals surface area contributed by atoms with Gasteiger partial charge >= 0.3 is 0 Å². The molecule has 2 aliphatic rings. The maximum atomic E-state index is 12.7. The minimum Gasteiger partial charge on any atom is -0.381 e. The van der Waals surface area contributed by atoms with Crippen molar-refractivity contribution in [1.82, 2.24) is 10.2 Å². The van der Waals surface area contributed by atoms with E-state index in [4.69, 9.17) is 4.74 Å². The third-order valence-corrected chi connectivity index (χ3v) is 5.53. The molecule has 3 rings (SSSR count). The van der Waals surface area contributed by atoms with Crippen molar-refractivity contribution in [2.24, 2.45) is 11.3 Å². The van der Waals surface area contributed by atoms with Gasteiger partial charge in [-0.25, -0.2) is 0 Å². The number of aryl methyl sites for hydroxylation is 1. The van der Waals surface area contributed by atoms with Crippen molar-refractivity contribution in [3.63, 3.8) is 0 Å². The van der Waals surface area contributed by atoms with Gasteiger partial charge in [-0.05, 0) is 25.3 Å². The Kier molecular flexibility index (Phi) is 4.90. The molecule has 1 atom stereocenters. The third-order valence-electron chi connectivity index (χ3n) is 5.53. The lowest BCUT2D eigenvalue weighted by atomic mass is 9.72. The Morgan fingerprint density at radius 3 is 2.54 bits per heavy atom. The number of amides is 2. The Balaban J connectivity index is 1.73. The molecule has 0 saturated carbocycles. The summed E-state index contributed by atoms with van der Waals surface area (Å²) in [6.45, 7) is 4.57. The number of carbonyl (C=O) groups excluding carboxylic acids is 2. The number of hydrogen-bond acceptors (Lipinski definition) is 3. The first kappa shape index (κ1) is 17.0. The van der Waals surface area contributed by atoms with Crippen molar-refractivity contribution >= 4 is 11.8 Å². The van der Waals surface area contributed by atoms with Crippen LogP contribution in [-0.2, 0) is 20.7 Å². The second-order valence-electron chi connectivity index (χ2n) is 7.08. The highest BCUT2D eigenvalue weighted by Gasteiger charge is 2.51. The van der Waals surface area contributed by atoms with E-state index in [9.17, 15) is 9.59 Å². The van der Waals surface area contributed by atoms with Crippen LogP contribution in [0.25, 0.3) is 0 Å². The van der Waals surface area contributed by atoms with E-state index in [1.807, 2.05) is 36.1 Å². The molecule has 24 heavy (non-hydrogen) atoms. The van der Waals surface area contributed by atoms with Crippen LogP contribution in [0, 0.1) is 18.3 Å². The van der Waals surface area contributed by atoms with E-state index in [1.54, 1.807) is 7.05 Å². The summed E-state index contributed by atoms with van der Waals surface area (Å²) in [6, 6.07) is 8.06. The van der Waals surface area contributed by atoms with E-state index >= 15 is 0 Å². The lowest BCUT2D eigenvalue weighted by molar-refractivity contribution is -0.130. The van der Waals surface area contributed by atoms with Crippen LogP contribution in [0.3, 0.4) is 0 Å². The van der Waals surface area contributed by atoms with E-state index in [0.717, 1.165) is 18.4 Å². The minimum absolute atomic E-state index is 0.0440. The maximum absolute atomic E-state index is 12.7. The fourth-order valence-corrected chi connectivity index (χ4v) is 3.97. The predicted octanol–water partition coefficient (Wildman–Crippen LogP) is 1.54. The van der Waals surface area contributed by atoms with Crippen molar-refractivity contribution in [2.75, 3.05) is 33.4 Å². The molecule has 1 spiro atoms. The van der Waals surface area contributed by atoms with Gasteiger partial charge in [-0.15, -0.1) is 0 Å². The lowest BCUT2D eigenvalue weighted by Gasteiger charge is -2.36. The number of carbonyl (C=O) groups is 2. The molecule has 0 bridgehead atoms. The van der Waals surface area contributed by atoms with Gasteiger partial charge in [-0.1, -0.05) is 29.8 Å². The largest absolute Gasteiger partial charge is 0.381 e. The molecule has 0 radical (unpaired) electrons. The quantitative estimate of drug-likeness (QED) is 0.914. The van der Waals surface area contributed by atoms with Crippen molar-refractivity contribution < 1.29 is 14.3 Å². The highest BCUT2D eigenvalue weighted by molar-refractivity contribution is 5.84. The standard InChI is InChI=1S/C19H26N2O3/c1-14-3-5-15(6-4-14)11-17(22)21-12-16(18(23)20-2)19(13-21)7-9-24-10-8-19/h3-6,16H,7-13H2,1-2H3,(H,20,23). The number of benzene rings is 1. The highest BCUT2D eigenvalue weighted by atomic mass is 16.5. The molecule has 5 heteroatoms. The SMILES string of the molecule is CNC(=O)C1CN(C(=O)Cc2ccc(C)cc2)CC12CCOCC2. The molecule has 2 saturated heterocycles. The Labute approximate surface area is 143 Å². The molecule has 1 aromatic carbocycles. The fraction of sp³-hybridized carbons (Fsp3) is 0.579. The Morgan fingerprint density at radius 2 is 1.92 bits per heavy atom. The van der Waals surface area contributed by atoms with Crippen LogP contribution in [0.5, 0.6) is 0 Å². The molecule has 2 amide bonds. The molecule has 1 aromatic rings. The number of hydrogen-bond donors (Lipinski definition) is 1. The zero-order valence-corrected chi connectivity index (χ0v) is 14.5. The predicted molar refractivity (Wildman–Crippen MR) is 91.5 cm³/mol. The molecular formula is C19H26N2O3. The van der Waals surface area contributed by atoms with Crippen LogP contribution in [0.4, 0.5) is 0 Å². The molecule has 1 unspecified atom stereocenters. The fourth-order valence-electron chi connectivity index (χ4n) is 3.97. The van der Waals surface area contributed by atoms with Crippen LogP contribution >= 0.6 is 0 Å². The molecule has 130 valence electrons. The van der Waals surface area contributed by atoms with Gasteiger partial charge in [0.2, 0.25) is 11.8 Å². The zero-order valence-electron chi connectivity index (χ0n) is 14.5. The molecular weight excluding hydrogens is 304 g/mol. The monoisotopic (exact) mass is 330 g/mol. The molecule has 5 nitrogen and oxygen atoms in total. The molecule has 0 aliphatic carbocycles. The number of nitrogens with one attached hydrogen (secondary N) is 1. The number of likely N-dealkylation sites (tertiary alicyclic amines) is 1. The summed E-state index contributed by atoms with van der Waals surface area (Å²) in [6.07, 6.45) is 2.09. The Morgan fingerprint density at radius 1 is 1.25 bits per heavy atom. The normalized spacial score (nSPS) is 22.6. The first-order chi connectivity index (χ1) is 11.5. The Hall–Kier alpha value is -1.88. The van der Waals surface area contributed by atoms with Crippen LogP contribution in [-0.4, -0.2) is 50.1 Å². The topological polar surface area (TPSA) is 58.6 Å². The van der Waals surface area contributed by atoms with Gasteiger partial charge in [0, 0.05) is 38.8 Å². The second kappa shape index (κ2) is 6.93. The smallest absolute Gasteiger partial charge is 0.227 e. The van der Waals surface area contributed by atoms with Gasteiger partial charge in [0.1, 0.15) is 0 Å². The van der Waals surface area contributed by atoms with Gasteiger partial charge in [0.15, 0.2) is 0 Å². The van der Waals surface area contributed by atoms with Gasteiger partial charge in [-0.3, -0.25) is 9.59 Å². The van der Waals surface area contributed by atoms with Crippen LogP contribution in [0.2, 0.25) is 0 Å². The molecule has 0 aromatic heterocycles. The molecule has 2 fully saturated rings. The van der Waals surface area contributed by atoms with Crippen molar-refractivity contribution in [3.05, 3.63) is 35.4 Å². The van der Waals surface area contributed by atoms with Crippen LogP contribution in [0.1, 0.15) is 24.0 Å². The summed E-state index contributed by atoms with van der Waals surface area (Å²) in [5.74, 6) is 0.0204. The Bertz CT molecular complexity index is 606. The number of rotatable bonds is 3. The van der Waals surface area contributed by atoms with Gasteiger partial charge in [-0.2, -0.15) is 0 Å². The summed E-state index contributed by atoms with van der Waals surface area (Å²) >= 11 is 0. The molecule has 2 heterocycles. The average molecular weight is 330 g/mol. The van der Waals surface area contributed by atoms with E-state index in [0.29, 0.717) is 32.7 Å². The average Bonchev–Trinajstić information content (AvgIpc) is 2.96. The van der Waals surface area contributed by atoms with Gasteiger partial charge in [0.25, 0.3) is 0 Å². The van der Waals surface area contributed by atoms with Crippen molar-refractivity contribution in [1.29, 1.82) is 0 Å². The zero-order chi connectivity index (χ0) is 17.2. The summed E-state index contributed by atoms with van der Waals surface area (Å²) in [5.41, 5.74) is 2.09. The lowest BCUT2D eigenvalue weighted by Crippen LogP contribution is -2.43. The summed E-state index contributed by atoms with van der Waals surface area (Å²) in [5, 5.41) is 2.78. The van der Waals surface area contributed by atoms with E-state index in [2.05, 4.69) is 5.32 Å². The van der Waals surface area contributed by atoms with Crippen molar-refractivity contribution in [2.45, 2.75) is 26.2 Å². The summed E-state index contributed by atoms with van der Waals surface area (Å²) in [7, 11) is 1.67.